The number of aliphatic hydroxyl groups is 1. The van der Waals surface area contributed by atoms with Gasteiger partial charge in [0, 0.05) is 19.6 Å². The monoisotopic (exact) mass is 471 g/mol. The fourth-order valence-corrected chi connectivity index (χ4v) is 5.19. The molecular weight excluding hydrogens is 438 g/mol. The molecular formula is C21H33N3O7S. The second kappa shape index (κ2) is 11.9. The van der Waals surface area contributed by atoms with Gasteiger partial charge in [0.15, 0.2) is 0 Å². The fourth-order valence-electron chi connectivity index (χ4n) is 3.89. The Hall–Kier alpha value is -1.76. The van der Waals surface area contributed by atoms with Crippen molar-refractivity contribution in [1.82, 2.24) is 14.9 Å². The van der Waals surface area contributed by atoms with Gasteiger partial charge >= 0.3 is 0 Å². The average molecular weight is 472 g/mol. The van der Waals surface area contributed by atoms with Crippen LogP contribution in [-0.4, -0.2) is 95.7 Å². The highest BCUT2D eigenvalue weighted by atomic mass is 32.2. The number of hydrogen-bond donors (Lipinski definition) is 3. The Morgan fingerprint density at radius 3 is 2.59 bits per heavy atom. The summed E-state index contributed by atoms with van der Waals surface area (Å²) in [6.45, 7) is 3.33. The lowest BCUT2D eigenvalue weighted by Gasteiger charge is -2.36. The molecule has 0 radical (unpaired) electrons. The minimum absolute atomic E-state index is 0.0356. The Bertz CT molecular complexity index is 828. The van der Waals surface area contributed by atoms with Crippen LogP contribution in [0.15, 0.2) is 29.2 Å². The molecule has 3 rings (SSSR count). The van der Waals surface area contributed by atoms with Crippen molar-refractivity contribution in [2.75, 3.05) is 53.1 Å². The second-order valence-electron chi connectivity index (χ2n) is 7.99. The number of aliphatic hydroxyl groups excluding tert-OH is 1. The molecule has 3 atom stereocenters. The molecule has 2 saturated heterocycles. The Labute approximate surface area is 189 Å². The number of carbonyl (C=O) groups is 1. The molecule has 1 aromatic rings. The highest BCUT2D eigenvalue weighted by Gasteiger charge is 2.34. The van der Waals surface area contributed by atoms with Crippen molar-refractivity contribution in [1.29, 1.82) is 0 Å². The molecule has 11 heteroatoms. The van der Waals surface area contributed by atoms with Crippen molar-refractivity contribution in [3.63, 3.8) is 0 Å². The lowest BCUT2D eigenvalue weighted by molar-refractivity contribution is -0.123. The zero-order valence-corrected chi connectivity index (χ0v) is 19.2. The molecule has 0 spiro atoms. The summed E-state index contributed by atoms with van der Waals surface area (Å²) in [5.41, 5.74) is 0. The number of rotatable bonds is 10. The van der Waals surface area contributed by atoms with Crippen LogP contribution in [0.25, 0.3) is 0 Å². The van der Waals surface area contributed by atoms with Gasteiger partial charge in [0.1, 0.15) is 5.75 Å². The molecule has 0 aliphatic carbocycles. The summed E-state index contributed by atoms with van der Waals surface area (Å²) in [5.74, 6) is 0.532. The van der Waals surface area contributed by atoms with Gasteiger partial charge in [-0.15, -0.1) is 0 Å². The molecule has 2 aliphatic rings. The van der Waals surface area contributed by atoms with Crippen LogP contribution < -0.4 is 14.8 Å². The number of benzene rings is 1. The molecule has 0 unspecified atom stereocenters. The standard InChI is InChI=1S/C21H33N3O7S/c1-29-16-2-5-18(6-3-16)32(27,28)23-19-7-4-17(31-20(19)15-25)8-9-22-21(26)14-24-10-12-30-13-11-24/h2-3,5-6,17,19-20,23,25H,4,7-15H2,1H3,(H,22,26)/t17-,19+,20-/m0/s1. The predicted octanol–water partition coefficient (Wildman–Crippen LogP) is -0.279. The van der Waals surface area contributed by atoms with Gasteiger partial charge in [-0.05, 0) is 43.5 Å². The number of hydrogen-bond acceptors (Lipinski definition) is 8. The number of sulfonamides is 1. The molecule has 2 heterocycles. The van der Waals surface area contributed by atoms with Crippen LogP contribution in [0.2, 0.25) is 0 Å². The van der Waals surface area contributed by atoms with Crippen LogP contribution in [0.3, 0.4) is 0 Å². The first kappa shape index (κ1) is 24.9. The molecule has 0 bridgehead atoms. The highest BCUT2D eigenvalue weighted by Crippen LogP contribution is 2.24. The largest absolute Gasteiger partial charge is 0.497 e. The van der Waals surface area contributed by atoms with Gasteiger partial charge < -0.3 is 24.6 Å². The maximum Gasteiger partial charge on any atom is 0.240 e. The van der Waals surface area contributed by atoms with Gasteiger partial charge in [-0.2, -0.15) is 0 Å². The van der Waals surface area contributed by atoms with Crippen LogP contribution in [0.1, 0.15) is 19.3 Å². The summed E-state index contributed by atoms with van der Waals surface area (Å²) in [6, 6.07) is 5.58. The minimum Gasteiger partial charge on any atom is -0.497 e. The van der Waals surface area contributed by atoms with E-state index in [1.165, 1.54) is 19.2 Å². The van der Waals surface area contributed by atoms with E-state index in [2.05, 4.69) is 14.9 Å². The Balaban J connectivity index is 1.44. The zero-order valence-electron chi connectivity index (χ0n) is 18.4. The topological polar surface area (TPSA) is 126 Å². The molecule has 1 aromatic carbocycles. The molecule has 2 aliphatic heterocycles. The van der Waals surface area contributed by atoms with E-state index in [-0.39, 0.29) is 23.5 Å². The van der Waals surface area contributed by atoms with E-state index in [9.17, 15) is 18.3 Å². The van der Waals surface area contributed by atoms with Gasteiger partial charge in [0.2, 0.25) is 15.9 Å². The lowest BCUT2D eigenvalue weighted by atomic mass is 9.98. The molecule has 3 N–H and O–H groups in total. The third-order valence-corrected chi connectivity index (χ3v) is 7.24. The van der Waals surface area contributed by atoms with Gasteiger partial charge in [-0.3, -0.25) is 9.69 Å². The van der Waals surface area contributed by atoms with Crippen LogP contribution in [0.4, 0.5) is 0 Å². The molecule has 10 nitrogen and oxygen atoms in total. The molecule has 32 heavy (non-hydrogen) atoms. The van der Waals surface area contributed by atoms with Gasteiger partial charge in [0.05, 0.1) is 56.6 Å². The minimum atomic E-state index is -3.75. The van der Waals surface area contributed by atoms with E-state index < -0.39 is 22.2 Å². The van der Waals surface area contributed by atoms with E-state index in [1.54, 1.807) is 12.1 Å². The third-order valence-electron chi connectivity index (χ3n) is 5.73. The number of ether oxygens (including phenoxy) is 3. The Kier molecular flexibility index (Phi) is 9.26. The summed E-state index contributed by atoms with van der Waals surface area (Å²) >= 11 is 0. The normalized spacial score (nSPS) is 24.8. The average Bonchev–Trinajstić information content (AvgIpc) is 2.80. The molecule has 0 saturated carbocycles. The summed E-state index contributed by atoms with van der Waals surface area (Å²) in [5, 5.41) is 12.7. The number of carbonyl (C=O) groups excluding carboxylic acids is 1. The first-order valence-electron chi connectivity index (χ1n) is 10.9. The van der Waals surface area contributed by atoms with Crippen molar-refractivity contribution in [3.05, 3.63) is 24.3 Å². The van der Waals surface area contributed by atoms with Gasteiger partial charge in [0.25, 0.3) is 0 Å². The molecule has 0 aromatic heterocycles. The summed E-state index contributed by atoms with van der Waals surface area (Å²) < 4.78 is 44.3. The Morgan fingerprint density at radius 1 is 1.22 bits per heavy atom. The van der Waals surface area contributed by atoms with E-state index >= 15 is 0 Å². The first-order valence-corrected chi connectivity index (χ1v) is 12.4. The van der Waals surface area contributed by atoms with Crippen molar-refractivity contribution in [3.8, 4) is 5.75 Å². The number of amides is 1. The van der Waals surface area contributed by atoms with E-state index in [0.29, 0.717) is 51.3 Å². The number of nitrogens with one attached hydrogen (secondary N) is 2. The fraction of sp³-hybridized carbons (Fsp3) is 0.667. The van der Waals surface area contributed by atoms with Gasteiger partial charge in [-0.25, -0.2) is 13.1 Å². The van der Waals surface area contributed by atoms with Gasteiger partial charge in [-0.1, -0.05) is 0 Å². The zero-order chi connectivity index (χ0) is 23.0. The van der Waals surface area contributed by atoms with Crippen molar-refractivity contribution < 1.29 is 32.5 Å². The predicted molar refractivity (Wildman–Crippen MR) is 117 cm³/mol. The summed E-state index contributed by atoms with van der Waals surface area (Å²) in [7, 11) is -2.24. The van der Waals surface area contributed by atoms with Crippen molar-refractivity contribution in [2.24, 2.45) is 0 Å². The third kappa shape index (κ3) is 7.12. The van der Waals surface area contributed by atoms with Crippen molar-refractivity contribution in [2.45, 2.75) is 42.4 Å². The maximum atomic E-state index is 12.7. The van der Waals surface area contributed by atoms with Crippen molar-refractivity contribution >= 4 is 15.9 Å². The van der Waals surface area contributed by atoms with Crippen LogP contribution in [-0.2, 0) is 24.3 Å². The van der Waals surface area contributed by atoms with Crippen LogP contribution in [0.5, 0.6) is 5.75 Å². The maximum absolute atomic E-state index is 12.7. The highest BCUT2D eigenvalue weighted by molar-refractivity contribution is 7.89. The second-order valence-corrected chi connectivity index (χ2v) is 9.70. The number of nitrogens with zero attached hydrogens (tertiary/aromatic N) is 1. The number of morpholine rings is 1. The van der Waals surface area contributed by atoms with Crippen LogP contribution >= 0.6 is 0 Å². The first-order chi connectivity index (χ1) is 15.4. The lowest BCUT2D eigenvalue weighted by Crippen LogP contribution is -2.51. The molecule has 180 valence electrons. The Morgan fingerprint density at radius 2 is 1.94 bits per heavy atom. The smallest absolute Gasteiger partial charge is 0.240 e. The summed E-state index contributed by atoms with van der Waals surface area (Å²) in [6.07, 6.45) is 0.963. The van der Waals surface area contributed by atoms with E-state index in [0.717, 1.165) is 13.1 Å². The molecule has 2 fully saturated rings. The SMILES string of the molecule is COc1ccc(S(=O)(=O)N[C@@H]2CC[C@@H](CCNC(=O)CN3CCOCC3)O[C@H]2CO)cc1. The quantitative estimate of drug-likeness (QED) is 0.425. The summed E-state index contributed by atoms with van der Waals surface area (Å²) in [4.78, 5) is 14.3. The van der Waals surface area contributed by atoms with Crippen LogP contribution in [0, 0.1) is 0 Å². The van der Waals surface area contributed by atoms with E-state index in [4.69, 9.17) is 14.2 Å². The molecule has 1 amide bonds. The number of methoxy groups -OCH3 is 1. The van der Waals surface area contributed by atoms with E-state index in [1.807, 2.05) is 0 Å².